The fourth-order valence-corrected chi connectivity index (χ4v) is 4.82. The highest BCUT2D eigenvalue weighted by atomic mass is 35.5. The molecule has 0 spiro atoms. The summed E-state index contributed by atoms with van der Waals surface area (Å²) >= 11 is 6.14. The number of aromatic nitrogens is 1. The molecule has 170 valence electrons. The van der Waals surface area contributed by atoms with Crippen molar-refractivity contribution in [2.75, 3.05) is 0 Å². The van der Waals surface area contributed by atoms with Gasteiger partial charge in [-0.1, -0.05) is 73.1 Å². The van der Waals surface area contributed by atoms with E-state index in [0.717, 1.165) is 39.7 Å². The summed E-state index contributed by atoms with van der Waals surface area (Å²) in [7, 11) is 0. The maximum absolute atomic E-state index is 14.2. The average Bonchev–Trinajstić information content (AvgIpc) is 2.83. The summed E-state index contributed by atoms with van der Waals surface area (Å²) in [5.74, 6) is -0.663. The van der Waals surface area contributed by atoms with Crippen LogP contribution in [0, 0.1) is 11.7 Å². The first-order chi connectivity index (χ1) is 16.5. The molecule has 4 aromatic rings. The average molecular weight is 472 g/mol. The summed E-state index contributed by atoms with van der Waals surface area (Å²) in [5.41, 5.74) is 5.29. The number of halogens is 2. The lowest BCUT2D eigenvalue weighted by molar-refractivity contribution is 0.0470. The van der Waals surface area contributed by atoms with Crippen LogP contribution in [0.3, 0.4) is 0 Å². The Bertz CT molecular complexity index is 1390. The van der Waals surface area contributed by atoms with E-state index in [1.807, 2.05) is 42.5 Å². The number of pyridine rings is 1. The van der Waals surface area contributed by atoms with E-state index in [1.165, 1.54) is 12.1 Å². The van der Waals surface area contributed by atoms with Gasteiger partial charge in [-0.3, -0.25) is 0 Å². The Morgan fingerprint density at radius 1 is 1.06 bits per heavy atom. The molecule has 1 atom stereocenters. The molecule has 0 saturated heterocycles. The van der Waals surface area contributed by atoms with Gasteiger partial charge in [0.15, 0.2) is 0 Å². The zero-order chi connectivity index (χ0) is 23.7. The van der Waals surface area contributed by atoms with Gasteiger partial charge in [0.25, 0.3) is 0 Å². The van der Waals surface area contributed by atoms with Gasteiger partial charge in [-0.15, -0.1) is 0 Å². The van der Waals surface area contributed by atoms with E-state index in [4.69, 9.17) is 21.3 Å². The number of hydrogen-bond donors (Lipinski definition) is 0. The molecule has 0 radical (unpaired) electrons. The van der Waals surface area contributed by atoms with Crippen molar-refractivity contribution in [3.8, 4) is 0 Å². The molecule has 1 aliphatic carbocycles. The van der Waals surface area contributed by atoms with Crippen molar-refractivity contribution in [3.63, 3.8) is 0 Å². The van der Waals surface area contributed by atoms with Crippen molar-refractivity contribution >= 4 is 40.1 Å². The van der Waals surface area contributed by atoms with Crippen LogP contribution >= 0.6 is 11.6 Å². The highest BCUT2D eigenvalue weighted by Gasteiger charge is 2.29. The highest BCUT2D eigenvalue weighted by Crippen LogP contribution is 2.39. The van der Waals surface area contributed by atoms with Gasteiger partial charge in [-0.2, -0.15) is 0 Å². The molecule has 0 N–H and O–H groups in total. The first-order valence-electron chi connectivity index (χ1n) is 11.3. The summed E-state index contributed by atoms with van der Waals surface area (Å²) in [5, 5.41) is 0.968. The van der Waals surface area contributed by atoms with Crippen molar-refractivity contribution in [1.82, 2.24) is 4.98 Å². The minimum atomic E-state index is -0.498. The quantitative estimate of drug-likeness (QED) is 0.289. The number of fused-ring (bicyclic) bond motifs is 2. The van der Waals surface area contributed by atoms with E-state index in [2.05, 4.69) is 25.1 Å². The van der Waals surface area contributed by atoms with Gasteiger partial charge < -0.3 is 4.74 Å². The van der Waals surface area contributed by atoms with E-state index in [0.29, 0.717) is 17.9 Å². The van der Waals surface area contributed by atoms with Crippen molar-refractivity contribution in [2.45, 2.75) is 26.4 Å². The van der Waals surface area contributed by atoms with E-state index in [1.54, 1.807) is 6.07 Å². The molecule has 5 heteroatoms. The second-order valence-corrected chi connectivity index (χ2v) is 9.11. The molecule has 0 saturated carbocycles. The maximum atomic E-state index is 14.2. The smallest absolute Gasteiger partial charge is 0.339 e. The van der Waals surface area contributed by atoms with Gasteiger partial charge in [0.2, 0.25) is 0 Å². The topological polar surface area (TPSA) is 39.2 Å². The molecule has 1 unspecified atom stereocenters. The predicted molar refractivity (Wildman–Crippen MR) is 134 cm³/mol. The Hall–Kier alpha value is -3.50. The molecular formula is C29H23ClFNO2. The zero-order valence-electron chi connectivity index (χ0n) is 18.7. The van der Waals surface area contributed by atoms with Crippen LogP contribution < -0.4 is 0 Å². The molecule has 3 nitrogen and oxygen atoms in total. The summed E-state index contributed by atoms with van der Waals surface area (Å²) in [6.45, 7) is 1.93. The molecule has 5 rings (SSSR count). The minimum absolute atomic E-state index is 0.169. The number of rotatable bonds is 4. The second kappa shape index (κ2) is 9.40. The van der Waals surface area contributed by atoms with Crippen LogP contribution in [0.5, 0.6) is 0 Å². The van der Waals surface area contributed by atoms with Gasteiger partial charge in [-0.25, -0.2) is 14.2 Å². The van der Waals surface area contributed by atoms with E-state index in [-0.39, 0.29) is 17.2 Å². The molecule has 0 aliphatic heterocycles. The lowest BCUT2D eigenvalue weighted by atomic mass is 9.80. The van der Waals surface area contributed by atoms with Gasteiger partial charge in [0.05, 0.1) is 21.8 Å². The summed E-state index contributed by atoms with van der Waals surface area (Å²) in [4.78, 5) is 18.4. The number of ether oxygens (including phenoxy) is 1. The monoisotopic (exact) mass is 471 g/mol. The molecule has 0 amide bonds. The van der Waals surface area contributed by atoms with Crippen molar-refractivity contribution in [3.05, 3.63) is 112 Å². The minimum Gasteiger partial charge on any atom is -0.457 e. The van der Waals surface area contributed by atoms with E-state index < -0.39 is 11.8 Å². The summed E-state index contributed by atoms with van der Waals surface area (Å²) in [6, 6.07) is 22.1. The molecule has 0 fully saturated rings. The van der Waals surface area contributed by atoms with E-state index >= 15 is 0 Å². The summed E-state index contributed by atoms with van der Waals surface area (Å²) < 4.78 is 19.9. The first-order valence-corrected chi connectivity index (χ1v) is 11.7. The van der Waals surface area contributed by atoms with Crippen molar-refractivity contribution in [2.24, 2.45) is 5.92 Å². The summed E-state index contributed by atoms with van der Waals surface area (Å²) in [6.07, 6.45) is 3.72. The number of allylic oxidation sites excluding steroid dienone is 1. The Morgan fingerprint density at radius 3 is 2.62 bits per heavy atom. The van der Waals surface area contributed by atoms with Gasteiger partial charge in [-0.05, 0) is 59.7 Å². The standard InChI is InChI=1S/C29H23ClFNO2/c1-18-14-20(16-19-8-3-2-4-9-19)28-22(15-18)27(21-10-5-6-13-26(21)32-28)29(33)34-17-23-24(30)11-7-12-25(23)31/h2-13,16,18H,14-15,17H2,1H3. The van der Waals surface area contributed by atoms with Crippen LogP contribution in [-0.4, -0.2) is 11.0 Å². The molecule has 34 heavy (non-hydrogen) atoms. The number of nitrogens with zero attached hydrogens (tertiary/aromatic N) is 1. The maximum Gasteiger partial charge on any atom is 0.339 e. The third kappa shape index (κ3) is 4.34. The largest absolute Gasteiger partial charge is 0.457 e. The van der Waals surface area contributed by atoms with Crippen molar-refractivity contribution < 1.29 is 13.9 Å². The lowest BCUT2D eigenvalue weighted by Crippen LogP contribution is -2.19. The van der Waals surface area contributed by atoms with Crippen LogP contribution in [0.1, 0.15) is 46.1 Å². The lowest BCUT2D eigenvalue weighted by Gasteiger charge is -2.26. The Labute approximate surface area is 202 Å². The van der Waals surface area contributed by atoms with Crippen molar-refractivity contribution in [1.29, 1.82) is 0 Å². The molecule has 1 heterocycles. The normalized spacial score (nSPS) is 16.4. The van der Waals surface area contributed by atoms with Gasteiger partial charge in [0, 0.05) is 10.9 Å². The molecule has 1 aliphatic rings. The molecule has 3 aromatic carbocycles. The number of carbonyl (C=O) groups excluding carboxylic acids is 1. The molecule has 1 aromatic heterocycles. The number of para-hydroxylation sites is 1. The van der Waals surface area contributed by atoms with Crippen LogP contribution in [0.25, 0.3) is 22.6 Å². The SMILES string of the molecule is CC1CC(=Cc2ccccc2)c2nc3ccccc3c(C(=O)OCc3c(F)cccc3Cl)c2C1. The fourth-order valence-electron chi connectivity index (χ4n) is 4.60. The Morgan fingerprint density at radius 2 is 1.82 bits per heavy atom. The number of carbonyl (C=O) groups is 1. The molecule has 0 bridgehead atoms. The molecular weight excluding hydrogens is 449 g/mol. The fraction of sp³-hybridized carbons (Fsp3) is 0.172. The number of benzene rings is 3. The third-order valence-electron chi connectivity index (χ3n) is 6.17. The Kier molecular flexibility index (Phi) is 6.16. The number of esters is 1. The van der Waals surface area contributed by atoms with Gasteiger partial charge in [0.1, 0.15) is 12.4 Å². The highest BCUT2D eigenvalue weighted by molar-refractivity contribution is 6.31. The third-order valence-corrected chi connectivity index (χ3v) is 6.53. The number of hydrogen-bond acceptors (Lipinski definition) is 3. The van der Waals surface area contributed by atoms with Crippen LogP contribution in [-0.2, 0) is 17.8 Å². The van der Waals surface area contributed by atoms with Gasteiger partial charge >= 0.3 is 5.97 Å². The van der Waals surface area contributed by atoms with Crippen LogP contribution in [0.2, 0.25) is 5.02 Å². The van der Waals surface area contributed by atoms with Crippen LogP contribution in [0.15, 0.2) is 72.8 Å². The van der Waals surface area contributed by atoms with E-state index in [9.17, 15) is 9.18 Å². The Balaban J connectivity index is 1.61. The second-order valence-electron chi connectivity index (χ2n) is 8.70. The zero-order valence-corrected chi connectivity index (χ0v) is 19.5. The van der Waals surface area contributed by atoms with Crippen LogP contribution in [0.4, 0.5) is 4.39 Å². The first kappa shape index (κ1) is 22.3. The predicted octanol–water partition coefficient (Wildman–Crippen LogP) is 7.51.